The molecule has 1 fully saturated rings. The van der Waals surface area contributed by atoms with Crippen LogP contribution >= 0.6 is 27.3 Å². The second-order valence-corrected chi connectivity index (χ2v) is 6.29. The fourth-order valence-electron chi connectivity index (χ4n) is 2.27. The monoisotopic (exact) mass is 353 g/mol. The van der Waals surface area contributed by atoms with Crippen LogP contribution in [-0.2, 0) is 6.42 Å². The molecule has 106 valence electrons. The van der Waals surface area contributed by atoms with Gasteiger partial charge in [-0.25, -0.2) is 15.0 Å². The van der Waals surface area contributed by atoms with Crippen molar-refractivity contribution < 1.29 is 0 Å². The van der Waals surface area contributed by atoms with E-state index >= 15 is 0 Å². The third-order valence-corrected chi connectivity index (χ3v) is 4.58. The fourth-order valence-corrected chi connectivity index (χ4v) is 3.38. The predicted octanol–water partition coefficient (Wildman–Crippen LogP) is 2.58. The minimum absolute atomic E-state index is 0.853. The van der Waals surface area contributed by atoms with Crippen molar-refractivity contribution in [3.8, 4) is 0 Å². The molecular weight excluding hydrogens is 338 g/mol. The summed E-state index contributed by atoms with van der Waals surface area (Å²) in [6.07, 6.45) is 2.72. The topological polar surface area (TPSA) is 45.2 Å². The van der Waals surface area contributed by atoms with Gasteiger partial charge in [0.25, 0.3) is 0 Å². The number of nitrogens with zero attached hydrogens (tertiary/aromatic N) is 5. The molecule has 2 aromatic rings. The maximum Gasteiger partial charge on any atom is 0.185 e. The maximum absolute atomic E-state index is 4.62. The summed E-state index contributed by atoms with van der Waals surface area (Å²) < 4.78 is 0.863. The summed E-state index contributed by atoms with van der Waals surface area (Å²) in [5, 5.41) is 3.14. The number of aromatic nitrogens is 3. The second kappa shape index (κ2) is 6.05. The number of halogens is 1. The molecule has 20 heavy (non-hydrogen) atoms. The first kappa shape index (κ1) is 13.8. The number of hydrogen-bond donors (Lipinski definition) is 0. The SMILES string of the molecule is CCc1nc(Br)cc(N2CCN(c3nccs3)CC2)n1. The zero-order valence-electron chi connectivity index (χ0n) is 11.3. The van der Waals surface area contributed by atoms with E-state index in [4.69, 9.17) is 0 Å². The lowest BCUT2D eigenvalue weighted by Gasteiger charge is -2.35. The van der Waals surface area contributed by atoms with Crippen LogP contribution in [0.4, 0.5) is 10.9 Å². The van der Waals surface area contributed by atoms with Crippen LogP contribution in [0.15, 0.2) is 22.2 Å². The average molecular weight is 354 g/mol. The van der Waals surface area contributed by atoms with E-state index in [1.165, 1.54) is 0 Å². The van der Waals surface area contributed by atoms with Gasteiger partial charge < -0.3 is 9.80 Å². The number of piperazine rings is 1. The van der Waals surface area contributed by atoms with E-state index in [1.54, 1.807) is 11.3 Å². The molecule has 0 N–H and O–H groups in total. The van der Waals surface area contributed by atoms with Gasteiger partial charge in [-0.05, 0) is 15.9 Å². The lowest BCUT2D eigenvalue weighted by atomic mass is 10.3. The minimum Gasteiger partial charge on any atom is -0.353 e. The standard InChI is InChI=1S/C13H16BrN5S/c1-2-11-16-10(14)9-12(17-11)18-4-6-19(7-5-18)13-15-3-8-20-13/h3,8-9H,2,4-7H2,1H3. The zero-order chi connectivity index (χ0) is 13.9. The summed E-state index contributed by atoms with van der Waals surface area (Å²) in [5.74, 6) is 1.90. The molecule has 3 rings (SSSR count). The number of hydrogen-bond acceptors (Lipinski definition) is 6. The Morgan fingerprint density at radius 2 is 1.95 bits per heavy atom. The first-order chi connectivity index (χ1) is 9.76. The summed E-state index contributed by atoms with van der Waals surface area (Å²) in [6.45, 7) is 5.97. The first-order valence-electron chi connectivity index (χ1n) is 6.69. The maximum atomic E-state index is 4.62. The average Bonchev–Trinajstić information content (AvgIpc) is 3.01. The molecule has 0 aliphatic carbocycles. The molecule has 0 unspecified atom stereocenters. The van der Waals surface area contributed by atoms with Crippen molar-refractivity contribution in [1.29, 1.82) is 0 Å². The smallest absolute Gasteiger partial charge is 0.185 e. The van der Waals surface area contributed by atoms with Gasteiger partial charge in [-0.3, -0.25) is 0 Å². The van der Waals surface area contributed by atoms with E-state index < -0.39 is 0 Å². The van der Waals surface area contributed by atoms with E-state index in [-0.39, 0.29) is 0 Å². The number of aryl methyl sites for hydroxylation is 1. The summed E-state index contributed by atoms with van der Waals surface area (Å²) >= 11 is 5.17. The molecule has 3 heterocycles. The highest BCUT2D eigenvalue weighted by molar-refractivity contribution is 9.10. The van der Waals surface area contributed by atoms with Crippen molar-refractivity contribution in [3.05, 3.63) is 28.1 Å². The van der Waals surface area contributed by atoms with E-state index in [9.17, 15) is 0 Å². The fraction of sp³-hybridized carbons (Fsp3) is 0.462. The molecule has 2 aromatic heterocycles. The molecule has 0 atom stereocenters. The Morgan fingerprint density at radius 3 is 2.60 bits per heavy atom. The Kier molecular flexibility index (Phi) is 4.16. The van der Waals surface area contributed by atoms with Gasteiger partial charge in [0.2, 0.25) is 0 Å². The molecular formula is C13H16BrN5S. The van der Waals surface area contributed by atoms with Crippen molar-refractivity contribution in [3.63, 3.8) is 0 Å². The van der Waals surface area contributed by atoms with Crippen LogP contribution in [0.2, 0.25) is 0 Å². The molecule has 0 radical (unpaired) electrons. The molecule has 5 nitrogen and oxygen atoms in total. The van der Waals surface area contributed by atoms with Crippen molar-refractivity contribution in [2.24, 2.45) is 0 Å². The van der Waals surface area contributed by atoms with Gasteiger partial charge in [-0.15, -0.1) is 11.3 Å². The normalized spacial score (nSPS) is 15.7. The Hall–Kier alpha value is -1.21. The van der Waals surface area contributed by atoms with E-state index in [0.29, 0.717) is 0 Å². The molecule has 0 amide bonds. The van der Waals surface area contributed by atoms with Crippen molar-refractivity contribution in [2.75, 3.05) is 36.0 Å². The Balaban J connectivity index is 1.70. The van der Waals surface area contributed by atoms with E-state index in [2.05, 4.69) is 47.6 Å². The predicted molar refractivity (Wildman–Crippen MR) is 85.7 cm³/mol. The van der Waals surface area contributed by atoms with Crippen LogP contribution in [-0.4, -0.2) is 41.1 Å². The van der Waals surface area contributed by atoms with Crippen LogP contribution < -0.4 is 9.80 Å². The van der Waals surface area contributed by atoms with Crippen molar-refractivity contribution >= 4 is 38.2 Å². The largest absolute Gasteiger partial charge is 0.353 e. The Bertz CT molecular complexity index is 566. The van der Waals surface area contributed by atoms with Gasteiger partial charge in [0.05, 0.1) is 0 Å². The third kappa shape index (κ3) is 2.93. The van der Waals surface area contributed by atoms with Crippen LogP contribution in [0.3, 0.4) is 0 Å². The lowest BCUT2D eigenvalue weighted by molar-refractivity contribution is 0.643. The quantitative estimate of drug-likeness (QED) is 0.793. The highest BCUT2D eigenvalue weighted by atomic mass is 79.9. The van der Waals surface area contributed by atoms with Gasteiger partial charge in [-0.2, -0.15) is 0 Å². The molecule has 0 saturated carbocycles. The molecule has 0 aromatic carbocycles. The van der Waals surface area contributed by atoms with Gasteiger partial charge in [0, 0.05) is 50.2 Å². The second-order valence-electron chi connectivity index (χ2n) is 4.61. The summed E-state index contributed by atoms with van der Waals surface area (Å²) in [7, 11) is 0. The molecule has 1 saturated heterocycles. The Labute approximate surface area is 130 Å². The van der Waals surface area contributed by atoms with E-state index in [0.717, 1.165) is 54.0 Å². The molecule has 1 aliphatic rings. The lowest BCUT2D eigenvalue weighted by Crippen LogP contribution is -2.46. The molecule has 0 spiro atoms. The number of thiazole rings is 1. The summed E-state index contributed by atoms with van der Waals surface area (Å²) in [4.78, 5) is 18.0. The van der Waals surface area contributed by atoms with Crippen LogP contribution in [0.5, 0.6) is 0 Å². The first-order valence-corrected chi connectivity index (χ1v) is 8.36. The number of rotatable bonds is 3. The van der Waals surface area contributed by atoms with Crippen LogP contribution in [0, 0.1) is 0 Å². The van der Waals surface area contributed by atoms with Crippen molar-refractivity contribution in [1.82, 2.24) is 15.0 Å². The van der Waals surface area contributed by atoms with Crippen LogP contribution in [0.25, 0.3) is 0 Å². The van der Waals surface area contributed by atoms with Crippen LogP contribution in [0.1, 0.15) is 12.7 Å². The highest BCUT2D eigenvalue weighted by Gasteiger charge is 2.20. The summed E-state index contributed by atoms with van der Waals surface area (Å²) in [6, 6.07) is 2.00. The minimum atomic E-state index is 0.853. The molecule has 1 aliphatic heterocycles. The summed E-state index contributed by atoms with van der Waals surface area (Å²) in [5.41, 5.74) is 0. The van der Waals surface area contributed by atoms with Gasteiger partial charge in [-0.1, -0.05) is 6.92 Å². The zero-order valence-corrected chi connectivity index (χ0v) is 13.7. The van der Waals surface area contributed by atoms with Gasteiger partial charge in [0.1, 0.15) is 16.2 Å². The van der Waals surface area contributed by atoms with Crippen molar-refractivity contribution in [2.45, 2.75) is 13.3 Å². The highest BCUT2D eigenvalue weighted by Crippen LogP contribution is 2.22. The molecule has 0 bridgehead atoms. The van der Waals surface area contributed by atoms with Gasteiger partial charge in [0.15, 0.2) is 5.13 Å². The van der Waals surface area contributed by atoms with E-state index in [1.807, 2.05) is 17.6 Å². The third-order valence-electron chi connectivity index (χ3n) is 3.34. The Morgan fingerprint density at radius 1 is 1.20 bits per heavy atom. The number of anilines is 2. The molecule has 7 heteroatoms. The van der Waals surface area contributed by atoms with Gasteiger partial charge >= 0.3 is 0 Å².